The molecule has 0 bridgehead atoms. The van der Waals surface area contributed by atoms with Crippen molar-refractivity contribution in [2.24, 2.45) is 5.73 Å². The molecular weight excluding hydrogens is 348 g/mol. The highest BCUT2D eigenvalue weighted by atomic mass is 16.4. The highest BCUT2D eigenvalue weighted by molar-refractivity contribution is 5.98. The number of hydrogen-bond donors (Lipinski definition) is 2. The molecule has 4 rings (SSSR count). The highest BCUT2D eigenvalue weighted by Crippen LogP contribution is 2.26. The molecule has 0 atom stereocenters. The SMILES string of the molecule is NC(=O)c1nn2ccnc2cc1-c1ccc(N2CCN(C(=O)O)CC2)cc1. The molecule has 1 aliphatic rings. The van der Waals surface area contributed by atoms with Crippen molar-refractivity contribution >= 4 is 23.3 Å². The molecule has 1 fully saturated rings. The number of fused-ring (bicyclic) bond motifs is 1. The zero-order valence-corrected chi connectivity index (χ0v) is 14.4. The Kier molecular flexibility index (Phi) is 4.11. The Morgan fingerprint density at radius 3 is 2.41 bits per heavy atom. The van der Waals surface area contributed by atoms with Crippen LogP contribution in [-0.4, -0.2) is 62.8 Å². The van der Waals surface area contributed by atoms with E-state index in [4.69, 9.17) is 10.8 Å². The minimum absolute atomic E-state index is 0.184. The van der Waals surface area contributed by atoms with E-state index in [0.717, 1.165) is 11.3 Å². The molecule has 2 aromatic heterocycles. The molecule has 0 radical (unpaired) electrons. The minimum atomic E-state index is -0.883. The van der Waals surface area contributed by atoms with E-state index >= 15 is 0 Å². The molecule has 0 spiro atoms. The third kappa shape index (κ3) is 3.14. The Morgan fingerprint density at radius 1 is 1.07 bits per heavy atom. The molecule has 3 heterocycles. The molecule has 1 aliphatic heterocycles. The summed E-state index contributed by atoms with van der Waals surface area (Å²) in [5, 5.41) is 13.3. The van der Waals surface area contributed by atoms with Gasteiger partial charge in [0.2, 0.25) is 0 Å². The molecule has 0 unspecified atom stereocenters. The van der Waals surface area contributed by atoms with Crippen molar-refractivity contribution in [3.8, 4) is 11.1 Å². The molecule has 1 aromatic carbocycles. The van der Waals surface area contributed by atoms with Crippen LogP contribution in [0.1, 0.15) is 10.5 Å². The summed E-state index contributed by atoms with van der Waals surface area (Å²) in [5.74, 6) is -0.602. The van der Waals surface area contributed by atoms with Crippen molar-refractivity contribution in [3.63, 3.8) is 0 Å². The summed E-state index contributed by atoms with van der Waals surface area (Å²) in [4.78, 5) is 30.6. The van der Waals surface area contributed by atoms with Gasteiger partial charge in [0.15, 0.2) is 11.3 Å². The summed E-state index contributed by atoms with van der Waals surface area (Å²) in [6.07, 6.45) is 2.38. The van der Waals surface area contributed by atoms with Crippen molar-refractivity contribution in [2.75, 3.05) is 31.1 Å². The number of carbonyl (C=O) groups excluding carboxylic acids is 1. The third-order valence-electron chi connectivity index (χ3n) is 4.71. The number of nitrogens with two attached hydrogens (primary N) is 1. The smallest absolute Gasteiger partial charge is 0.407 e. The van der Waals surface area contributed by atoms with E-state index in [9.17, 15) is 9.59 Å². The number of piperazine rings is 1. The summed E-state index contributed by atoms with van der Waals surface area (Å²) in [6.45, 7) is 2.23. The summed E-state index contributed by atoms with van der Waals surface area (Å²) in [7, 11) is 0. The summed E-state index contributed by atoms with van der Waals surface area (Å²) < 4.78 is 1.51. The maximum absolute atomic E-state index is 11.8. The number of imidazole rings is 1. The number of nitrogens with zero attached hydrogens (tertiary/aromatic N) is 5. The van der Waals surface area contributed by atoms with Crippen molar-refractivity contribution in [1.29, 1.82) is 0 Å². The van der Waals surface area contributed by atoms with Gasteiger partial charge in [-0.2, -0.15) is 5.10 Å². The van der Waals surface area contributed by atoms with Gasteiger partial charge in [-0.05, 0) is 23.8 Å². The molecule has 9 heteroatoms. The molecule has 3 N–H and O–H groups in total. The number of carboxylic acid groups (broad SMARTS) is 1. The van der Waals surface area contributed by atoms with E-state index in [0.29, 0.717) is 37.4 Å². The van der Waals surface area contributed by atoms with Crippen molar-refractivity contribution < 1.29 is 14.7 Å². The summed E-state index contributed by atoms with van der Waals surface area (Å²) in [5.41, 5.74) is 8.75. The molecular formula is C18H18N6O3. The first-order valence-electron chi connectivity index (χ1n) is 8.50. The summed E-state index contributed by atoms with van der Waals surface area (Å²) in [6, 6.07) is 9.50. The lowest BCUT2D eigenvalue weighted by atomic mass is 10.0. The predicted molar refractivity (Wildman–Crippen MR) is 98.8 cm³/mol. The molecule has 138 valence electrons. The Balaban J connectivity index is 1.61. The monoisotopic (exact) mass is 366 g/mol. The number of carbonyl (C=O) groups is 2. The number of primary amides is 1. The highest BCUT2D eigenvalue weighted by Gasteiger charge is 2.21. The van der Waals surface area contributed by atoms with E-state index in [1.165, 1.54) is 9.42 Å². The number of amides is 2. The quantitative estimate of drug-likeness (QED) is 0.721. The zero-order chi connectivity index (χ0) is 19.0. The fraction of sp³-hybridized carbons (Fsp3) is 0.222. The maximum atomic E-state index is 11.8. The largest absolute Gasteiger partial charge is 0.465 e. The van der Waals surface area contributed by atoms with Crippen LogP contribution in [-0.2, 0) is 0 Å². The fourth-order valence-electron chi connectivity index (χ4n) is 3.27. The summed E-state index contributed by atoms with van der Waals surface area (Å²) >= 11 is 0. The zero-order valence-electron chi connectivity index (χ0n) is 14.4. The van der Waals surface area contributed by atoms with Crippen LogP contribution in [0.3, 0.4) is 0 Å². The van der Waals surface area contributed by atoms with E-state index in [1.807, 2.05) is 24.3 Å². The van der Waals surface area contributed by atoms with E-state index in [2.05, 4.69) is 15.0 Å². The van der Waals surface area contributed by atoms with Gasteiger partial charge in [-0.25, -0.2) is 14.3 Å². The lowest BCUT2D eigenvalue weighted by Crippen LogP contribution is -2.48. The maximum Gasteiger partial charge on any atom is 0.407 e. The van der Waals surface area contributed by atoms with Gasteiger partial charge in [0.05, 0.1) is 0 Å². The first kappa shape index (κ1) is 16.8. The molecule has 27 heavy (non-hydrogen) atoms. The number of hydrogen-bond acceptors (Lipinski definition) is 5. The lowest BCUT2D eigenvalue weighted by molar-refractivity contribution is 0.0995. The predicted octanol–water partition coefficient (Wildman–Crippen LogP) is 1.30. The Hall–Kier alpha value is -3.62. The second-order valence-corrected chi connectivity index (χ2v) is 6.30. The molecule has 9 nitrogen and oxygen atoms in total. The van der Waals surface area contributed by atoms with Crippen LogP contribution >= 0.6 is 0 Å². The first-order chi connectivity index (χ1) is 13.0. The van der Waals surface area contributed by atoms with Crippen molar-refractivity contribution in [2.45, 2.75) is 0 Å². The molecule has 2 amide bonds. The van der Waals surface area contributed by atoms with Crippen molar-refractivity contribution in [1.82, 2.24) is 19.5 Å². The number of rotatable bonds is 3. The van der Waals surface area contributed by atoms with Gasteiger partial charge in [0.25, 0.3) is 5.91 Å². The minimum Gasteiger partial charge on any atom is -0.465 e. The second kappa shape index (κ2) is 6.60. The topological polar surface area (TPSA) is 117 Å². The normalized spacial score (nSPS) is 14.5. The molecule has 1 saturated heterocycles. The number of benzene rings is 1. The van der Waals surface area contributed by atoms with Crippen LogP contribution < -0.4 is 10.6 Å². The van der Waals surface area contributed by atoms with Crippen LogP contribution in [0.2, 0.25) is 0 Å². The van der Waals surface area contributed by atoms with Crippen LogP contribution in [0, 0.1) is 0 Å². The van der Waals surface area contributed by atoms with E-state index < -0.39 is 12.0 Å². The van der Waals surface area contributed by atoms with Crippen LogP contribution in [0.25, 0.3) is 16.8 Å². The fourth-order valence-corrected chi connectivity index (χ4v) is 3.27. The van der Waals surface area contributed by atoms with E-state index in [-0.39, 0.29) is 5.69 Å². The standard InChI is InChI=1S/C18H18N6O3/c19-17(25)16-14(11-15-20-5-6-24(15)21-16)12-1-3-13(4-2-12)22-7-9-23(10-8-22)18(26)27/h1-6,11H,7-10H2,(H2,19,25)(H,26,27). The Labute approximate surface area is 154 Å². The number of aromatic nitrogens is 3. The molecule has 3 aromatic rings. The van der Waals surface area contributed by atoms with Crippen LogP contribution in [0.4, 0.5) is 10.5 Å². The van der Waals surface area contributed by atoms with Gasteiger partial charge < -0.3 is 20.6 Å². The van der Waals surface area contributed by atoms with Crippen molar-refractivity contribution in [3.05, 3.63) is 48.4 Å². The number of anilines is 1. The molecule has 0 saturated carbocycles. The Bertz CT molecular complexity index is 1010. The average Bonchev–Trinajstić information content (AvgIpc) is 3.15. The van der Waals surface area contributed by atoms with Crippen LogP contribution in [0.5, 0.6) is 0 Å². The van der Waals surface area contributed by atoms with Gasteiger partial charge in [-0.15, -0.1) is 0 Å². The second-order valence-electron chi connectivity index (χ2n) is 6.30. The molecule has 0 aliphatic carbocycles. The van der Waals surface area contributed by atoms with Crippen LogP contribution in [0.15, 0.2) is 42.7 Å². The Morgan fingerprint density at radius 2 is 1.78 bits per heavy atom. The van der Waals surface area contributed by atoms with Gasteiger partial charge >= 0.3 is 6.09 Å². The van der Waals surface area contributed by atoms with Gasteiger partial charge in [0.1, 0.15) is 0 Å². The van der Waals surface area contributed by atoms with Gasteiger partial charge in [-0.1, -0.05) is 12.1 Å². The lowest BCUT2D eigenvalue weighted by Gasteiger charge is -2.34. The van der Waals surface area contributed by atoms with Gasteiger partial charge in [0, 0.05) is 49.8 Å². The average molecular weight is 366 g/mol. The first-order valence-corrected chi connectivity index (χ1v) is 8.50. The third-order valence-corrected chi connectivity index (χ3v) is 4.71. The van der Waals surface area contributed by atoms with Gasteiger partial charge in [-0.3, -0.25) is 4.79 Å². The van der Waals surface area contributed by atoms with E-state index in [1.54, 1.807) is 18.5 Å².